The van der Waals surface area contributed by atoms with Crippen LogP contribution >= 0.6 is 15.9 Å². The smallest absolute Gasteiger partial charge is 0.143 e. The van der Waals surface area contributed by atoms with Crippen molar-refractivity contribution < 1.29 is 4.79 Å². The molecule has 1 aromatic rings. The highest BCUT2D eigenvalue weighted by molar-refractivity contribution is 9.10. The van der Waals surface area contributed by atoms with Crippen molar-refractivity contribution in [2.24, 2.45) is 11.3 Å². The van der Waals surface area contributed by atoms with Gasteiger partial charge in [0.05, 0.1) is 5.41 Å². The maximum Gasteiger partial charge on any atom is 0.143 e. The predicted molar refractivity (Wildman–Crippen MR) is 77.6 cm³/mol. The van der Waals surface area contributed by atoms with Crippen molar-refractivity contribution in [3.8, 4) is 0 Å². The van der Waals surface area contributed by atoms with Crippen molar-refractivity contribution in [2.45, 2.75) is 31.0 Å². The number of alkyl halides is 1. The van der Waals surface area contributed by atoms with Crippen molar-refractivity contribution in [3.63, 3.8) is 0 Å². The first-order chi connectivity index (χ1) is 8.43. The van der Waals surface area contributed by atoms with E-state index >= 15 is 0 Å². The summed E-state index contributed by atoms with van der Waals surface area (Å²) in [6.07, 6.45) is 3.88. The average molecular weight is 305 g/mol. The highest BCUT2D eigenvalue weighted by Gasteiger charge is 2.54. The molecule has 0 saturated heterocycles. The zero-order valence-electron chi connectivity index (χ0n) is 10.7. The molecule has 18 heavy (non-hydrogen) atoms. The lowest BCUT2D eigenvalue weighted by Gasteiger charge is -2.50. The van der Waals surface area contributed by atoms with Gasteiger partial charge in [-0.05, 0) is 37.3 Å². The van der Waals surface area contributed by atoms with E-state index in [-0.39, 0.29) is 9.74 Å². The Balaban J connectivity index is 2.15. The van der Waals surface area contributed by atoms with Gasteiger partial charge in [0.25, 0.3) is 0 Å². The van der Waals surface area contributed by atoms with Crippen molar-refractivity contribution in [1.29, 1.82) is 0 Å². The molecule has 2 heteroatoms. The number of hydrogen-bond donors (Lipinski definition) is 0. The third kappa shape index (κ3) is 1.62. The number of hydrogen-bond acceptors (Lipinski definition) is 1. The van der Waals surface area contributed by atoms with E-state index < -0.39 is 0 Å². The van der Waals surface area contributed by atoms with Crippen molar-refractivity contribution >= 4 is 27.3 Å². The van der Waals surface area contributed by atoms with Crippen LogP contribution in [0, 0.1) is 11.3 Å². The van der Waals surface area contributed by atoms with Crippen LogP contribution in [0.5, 0.6) is 0 Å². The topological polar surface area (TPSA) is 17.1 Å². The van der Waals surface area contributed by atoms with Gasteiger partial charge in [0, 0.05) is 10.7 Å². The van der Waals surface area contributed by atoms with Crippen LogP contribution in [0.4, 0.5) is 0 Å². The minimum atomic E-state index is -0.325. The Morgan fingerprint density at radius 2 is 1.89 bits per heavy atom. The highest BCUT2D eigenvalue weighted by atomic mass is 79.9. The molecule has 3 atom stereocenters. The van der Waals surface area contributed by atoms with Gasteiger partial charge in [0.2, 0.25) is 0 Å². The Bertz CT molecular complexity index is 529. The fourth-order valence-electron chi connectivity index (χ4n) is 3.45. The maximum absolute atomic E-state index is 12.4. The summed E-state index contributed by atoms with van der Waals surface area (Å²) in [4.78, 5) is 12.4. The van der Waals surface area contributed by atoms with Crippen LogP contribution in [0.3, 0.4) is 0 Å². The van der Waals surface area contributed by atoms with Gasteiger partial charge in [-0.2, -0.15) is 0 Å². The number of benzene rings is 1. The molecule has 1 aromatic carbocycles. The number of fused-ring (bicyclic) bond motifs is 2. The van der Waals surface area contributed by atoms with Crippen molar-refractivity contribution in [2.75, 3.05) is 0 Å². The van der Waals surface area contributed by atoms with E-state index in [1.807, 2.05) is 18.2 Å². The molecule has 0 amide bonds. The Morgan fingerprint density at radius 3 is 2.56 bits per heavy atom. The minimum absolute atomic E-state index is 0.0634. The summed E-state index contributed by atoms with van der Waals surface area (Å²) in [5, 5.41) is 0. The molecule has 94 valence electrons. The lowest BCUT2D eigenvalue weighted by Crippen LogP contribution is -2.50. The van der Waals surface area contributed by atoms with Gasteiger partial charge in [-0.15, -0.1) is 0 Å². The van der Waals surface area contributed by atoms with Crippen LogP contribution in [0.25, 0.3) is 5.57 Å². The Morgan fingerprint density at radius 1 is 1.22 bits per heavy atom. The van der Waals surface area contributed by atoms with E-state index in [1.165, 1.54) is 11.1 Å². The fraction of sp³-hybridized carbons (Fsp3) is 0.438. The second-order valence-electron chi connectivity index (χ2n) is 5.97. The predicted octanol–water partition coefficient (Wildman–Crippen LogP) is 4.22. The largest absolute Gasteiger partial charge is 0.299 e. The zero-order chi connectivity index (χ0) is 13.0. The molecule has 0 aromatic heterocycles. The molecule has 0 radical (unpaired) electrons. The van der Waals surface area contributed by atoms with E-state index in [0.717, 1.165) is 6.42 Å². The summed E-state index contributed by atoms with van der Waals surface area (Å²) in [7, 11) is 0. The molecule has 0 aliphatic heterocycles. The molecule has 0 spiro atoms. The summed E-state index contributed by atoms with van der Waals surface area (Å²) in [5.41, 5.74) is 2.09. The first kappa shape index (κ1) is 12.2. The van der Waals surface area contributed by atoms with Gasteiger partial charge in [0.1, 0.15) is 5.78 Å². The standard InChI is InChI=1S/C16H17BrO/c1-15-10-16(2,17)12(9-14(15)18)8-13(15)11-6-4-3-5-7-11/h3-8,12H,9-10H2,1-2H3/t12-,15+,16-/m1/s1. The van der Waals surface area contributed by atoms with Crippen LogP contribution in [-0.2, 0) is 4.79 Å². The Labute approximate surface area is 116 Å². The number of halogens is 1. The second kappa shape index (κ2) is 3.80. The molecular weight excluding hydrogens is 288 g/mol. The van der Waals surface area contributed by atoms with E-state index in [9.17, 15) is 4.79 Å². The van der Waals surface area contributed by atoms with E-state index in [1.54, 1.807) is 0 Å². The first-order valence-electron chi connectivity index (χ1n) is 6.43. The van der Waals surface area contributed by atoms with Crippen LogP contribution in [0.2, 0.25) is 0 Å². The average Bonchev–Trinajstić information content (AvgIpc) is 2.31. The summed E-state index contributed by atoms with van der Waals surface area (Å²) >= 11 is 3.82. The lowest BCUT2D eigenvalue weighted by molar-refractivity contribution is -0.129. The Kier molecular flexibility index (Phi) is 2.57. The SMILES string of the molecule is C[C@]12C[C@@](C)(Br)[C@H](C=C1c1ccccc1)CC2=O. The summed E-state index contributed by atoms with van der Waals surface area (Å²) in [5.74, 6) is 0.716. The number of carbonyl (C=O) groups excluding carboxylic acids is 1. The fourth-order valence-corrected chi connectivity index (χ4v) is 4.31. The molecule has 1 nitrogen and oxygen atoms in total. The number of rotatable bonds is 1. The third-order valence-corrected chi connectivity index (χ3v) is 5.41. The lowest BCUT2D eigenvalue weighted by atomic mass is 9.56. The van der Waals surface area contributed by atoms with Gasteiger partial charge in [-0.3, -0.25) is 4.79 Å². The first-order valence-corrected chi connectivity index (χ1v) is 7.23. The molecular formula is C16H17BrO. The number of ketones is 1. The van der Waals surface area contributed by atoms with Gasteiger partial charge in [-0.1, -0.05) is 52.3 Å². The molecule has 0 N–H and O–H groups in total. The number of Topliss-reactive ketones (excluding diaryl/α,β-unsaturated/α-hetero) is 1. The molecule has 3 aliphatic rings. The monoisotopic (exact) mass is 304 g/mol. The quantitative estimate of drug-likeness (QED) is 0.710. The van der Waals surface area contributed by atoms with Gasteiger partial charge in [0.15, 0.2) is 0 Å². The number of carbonyl (C=O) groups is 1. The van der Waals surface area contributed by atoms with Gasteiger partial charge in [-0.25, -0.2) is 0 Å². The van der Waals surface area contributed by atoms with Crippen molar-refractivity contribution in [3.05, 3.63) is 42.0 Å². The van der Waals surface area contributed by atoms with Crippen molar-refractivity contribution in [1.82, 2.24) is 0 Å². The van der Waals surface area contributed by atoms with Crippen LogP contribution < -0.4 is 0 Å². The maximum atomic E-state index is 12.4. The van der Waals surface area contributed by atoms with E-state index in [4.69, 9.17) is 0 Å². The molecule has 1 saturated carbocycles. The summed E-state index contributed by atoms with van der Waals surface area (Å²) in [6, 6.07) is 10.3. The van der Waals surface area contributed by atoms with E-state index in [2.05, 4.69) is 48.0 Å². The molecule has 4 rings (SSSR count). The van der Waals surface area contributed by atoms with Crippen LogP contribution in [0.1, 0.15) is 32.3 Å². The molecule has 0 unspecified atom stereocenters. The van der Waals surface area contributed by atoms with Gasteiger partial charge < -0.3 is 0 Å². The minimum Gasteiger partial charge on any atom is -0.299 e. The summed E-state index contributed by atoms with van der Waals surface area (Å²) in [6.45, 7) is 4.31. The molecule has 1 fully saturated rings. The molecule has 0 heterocycles. The Hall–Kier alpha value is -0.890. The van der Waals surface area contributed by atoms with Gasteiger partial charge >= 0.3 is 0 Å². The normalized spacial score (nSPS) is 38.7. The third-order valence-electron chi connectivity index (χ3n) is 4.54. The molecule has 2 bridgehead atoms. The summed E-state index contributed by atoms with van der Waals surface area (Å²) < 4.78 is 0.0634. The van der Waals surface area contributed by atoms with Crippen LogP contribution in [-0.4, -0.2) is 10.1 Å². The molecule has 3 aliphatic carbocycles. The van der Waals surface area contributed by atoms with Crippen LogP contribution in [0.15, 0.2) is 36.4 Å². The van der Waals surface area contributed by atoms with E-state index in [0.29, 0.717) is 18.1 Å². The number of allylic oxidation sites excluding steroid dienone is 2. The zero-order valence-corrected chi connectivity index (χ0v) is 12.3. The highest BCUT2D eigenvalue weighted by Crippen LogP contribution is 2.58. The second-order valence-corrected chi connectivity index (χ2v) is 7.78.